The molecular formula is C15H19N5O2S. The second-order valence-electron chi connectivity index (χ2n) is 6.52. The maximum Gasteiger partial charge on any atom is 0.265 e. The van der Waals surface area contributed by atoms with E-state index in [0.717, 1.165) is 16.9 Å². The van der Waals surface area contributed by atoms with Gasteiger partial charge in [0.1, 0.15) is 10.7 Å². The zero-order valence-electron chi connectivity index (χ0n) is 13.5. The van der Waals surface area contributed by atoms with Crippen LogP contribution in [0.15, 0.2) is 35.5 Å². The molecule has 0 bridgehead atoms. The molecule has 0 aliphatic carbocycles. The maximum atomic E-state index is 12.3. The number of fused-ring (bicyclic) bond motifs is 1. The third-order valence-electron chi connectivity index (χ3n) is 3.44. The monoisotopic (exact) mass is 333 g/mol. The molecule has 0 amide bonds. The lowest BCUT2D eigenvalue weighted by atomic mass is 9.96. The lowest BCUT2D eigenvalue weighted by Gasteiger charge is -2.13. The molecule has 2 heterocycles. The Labute approximate surface area is 134 Å². The van der Waals surface area contributed by atoms with Gasteiger partial charge in [0.15, 0.2) is 0 Å². The Hall–Kier alpha value is -2.35. The fourth-order valence-corrected chi connectivity index (χ4v) is 3.21. The second-order valence-corrected chi connectivity index (χ2v) is 8.20. The van der Waals surface area contributed by atoms with Gasteiger partial charge in [-0.3, -0.25) is 9.40 Å². The van der Waals surface area contributed by atoms with Crippen LogP contribution in [0.2, 0.25) is 0 Å². The van der Waals surface area contributed by atoms with Crippen LogP contribution in [0.3, 0.4) is 0 Å². The molecule has 1 aromatic carbocycles. The highest BCUT2D eigenvalue weighted by Gasteiger charge is 2.19. The Morgan fingerprint density at radius 1 is 1.26 bits per heavy atom. The standard InChI is InChI=1S/C15H19N5O2S/c1-15(2,3)14-17-12-6-5-10(7-13(12)18-14)19-23(21,22)11-8-16-20(4)9-11/h5-9,19H,1-4H3,(H,17,18). The highest BCUT2D eigenvalue weighted by molar-refractivity contribution is 7.92. The summed E-state index contributed by atoms with van der Waals surface area (Å²) in [6.07, 6.45) is 2.77. The van der Waals surface area contributed by atoms with Crippen molar-refractivity contribution in [1.29, 1.82) is 0 Å². The summed E-state index contributed by atoms with van der Waals surface area (Å²) in [6, 6.07) is 5.23. The molecule has 0 aliphatic rings. The molecule has 0 radical (unpaired) electrons. The largest absolute Gasteiger partial charge is 0.341 e. The first kappa shape index (κ1) is 15.5. The van der Waals surface area contributed by atoms with E-state index in [1.165, 1.54) is 17.1 Å². The van der Waals surface area contributed by atoms with Crippen molar-refractivity contribution in [3.8, 4) is 0 Å². The Bertz CT molecular complexity index is 963. The maximum absolute atomic E-state index is 12.3. The van der Waals surface area contributed by atoms with E-state index in [1.54, 1.807) is 25.2 Å². The molecule has 2 N–H and O–H groups in total. The van der Waals surface area contributed by atoms with Gasteiger partial charge in [-0.15, -0.1) is 0 Å². The first-order valence-electron chi connectivity index (χ1n) is 7.17. The Balaban J connectivity index is 1.95. The number of H-pyrrole nitrogens is 1. The second kappa shape index (κ2) is 5.09. The lowest BCUT2D eigenvalue weighted by molar-refractivity contribution is 0.554. The van der Waals surface area contributed by atoms with Gasteiger partial charge in [0, 0.05) is 18.7 Å². The van der Waals surface area contributed by atoms with E-state index in [9.17, 15) is 8.42 Å². The molecule has 122 valence electrons. The van der Waals surface area contributed by atoms with Crippen LogP contribution >= 0.6 is 0 Å². The van der Waals surface area contributed by atoms with Gasteiger partial charge in [-0.25, -0.2) is 13.4 Å². The highest BCUT2D eigenvalue weighted by Crippen LogP contribution is 2.25. The van der Waals surface area contributed by atoms with E-state index < -0.39 is 10.0 Å². The van der Waals surface area contributed by atoms with Gasteiger partial charge >= 0.3 is 0 Å². The van der Waals surface area contributed by atoms with Crippen molar-refractivity contribution in [2.75, 3.05) is 4.72 Å². The molecule has 0 unspecified atom stereocenters. The third-order valence-corrected chi connectivity index (χ3v) is 4.77. The molecule has 0 fully saturated rings. The van der Waals surface area contributed by atoms with Gasteiger partial charge < -0.3 is 4.98 Å². The van der Waals surface area contributed by atoms with Crippen molar-refractivity contribution in [1.82, 2.24) is 19.7 Å². The summed E-state index contributed by atoms with van der Waals surface area (Å²) in [7, 11) is -1.98. The fraction of sp³-hybridized carbons (Fsp3) is 0.333. The number of sulfonamides is 1. The van der Waals surface area contributed by atoms with Gasteiger partial charge in [-0.05, 0) is 18.2 Å². The number of aromatic amines is 1. The molecule has 8 heteroatoms. The molecule has 0 atom stereocenters. The van der Waals surface area contributed by atoms with Gasteiger partial charge in [0.25, 0.3) is 10.0 Å². The summed E-state index contributed by atoms with van der Waals surface area (Å²) in [6.45, 7) is 6.20. The molecule has 0 saturated heterocycles. The van der Waals surface area contributed by atoms with E-state index in [2.05, 4.69) is 40.6 Å². The molecular weight excluding hydrogens is 314 g/mol. The van der Waals surface area contributed by atoms with E-state index >= 15 is 0 Å². The molecule has 7 nitrogen and oxygen atoms in total. The highest BCUT2D eigenvalue weighted by atomic mass is 32.2. The Morgan fingerprint density at radius 2 is 2.00 bits per heavy atom. The van der Waals surface area contributed by atoms with Crippen LogP contribution in [0, 0.1) is 0 Å². The molecule has 3 aromatic rings. The quantitative estimate of drug-likeness (QED) is 0.770. The summed E-state index contributed by atoms with van der Waals surface area (Å²) < 4.78 is 28.7. The van der Waals surface area contributed by atoms with Crippen molar-refractivity contribution < 1.29 is 8.42 Å². The van der Waals surface area contributed by atoms with Crippen LogP contribution in [0.5, 0.6) is 0 Å². The lowest BCUT2D eigenvalue weighted by Crippen LogP contribution is -2.13. The minimum atomic E-state index is -3.65. The van der Waals surface area contributed by atoms with Crippen molar-refractivity contribution in [3.05, 3.63) is 36.4 Å². The summed E-state index contributed by atoms with van der Waals surface area (Å²) in [5.74, 6) is 0.861. The zero-order valence-corrected chi connectivity index (χ0v) is 14.3. The number of nitrogens with zero attached hydrogens (tertiary/aromatic N) is 3. The van der Waals surface area contributed by atoms with Crippen LogP contribution in [-0.2, 0) is 22.5 Å². The summed E-state index contributed by atoms with van der Waals surface area (Å²) in [4.78, 5) is 7.91. The number of aryl methyl sites for hydroxylation is 1. The van der Waals surface area contributed by atoms with E-state index in [0.29, 0.717) is 5.69 Å². The molecule has 3 rings (SSSR count). The van der Waals surface area contributed by atoms with Crippen LogP contribution in [0.1, 0.15) is 26.6 Å². The molecule has 2 aromatic heterocycles. The van der Waals surface area contributed by atoms with Crippen molar-refractivity contribution in [2.24, 2.45) is 7.05 Å². The minimum Gasteiger partial charge on any atom is -0.341 e. The average molecular weight is 333 g/mol. The number of anilines is 1. The smallest absolute Gasteiger partial charge is 0.265 e. The van der Waals surface area contributed by atoms with Crippen LogP contribution in [0.25, 0.3) is 11.0 Å². The summed E-state index contributed by atoms with van der Waals surface area (Å²) in [5, 5.41) is 3.89. The van der Waals surface area contributed by atoms with Crippen molar-refractivity contribution in [2.45, 2.75) is 31.1 Å². The van der Waals surface area contributed by atoms with E-state index in [4.69, 9.17) is 0 Å². The van der Waals surface area contributed by atoms with E-state index in [-0.39, 0.29) is 10.3 Å². The van der Waals surface area contributed by atoms with Crippen molar-refractivity contribution >= 4 is 26.7 Å². The van der Waals surface area contributed by atoms with Gasteiger partial charge in [0.05, 0.1) is 22.9 Å². The SMILES string of the molecule is Cn1cc(S(=O)(=O)Nc2ccc3nc(C(C)(C)C)[nH]c3c2)cn1. The van der Waals surface area contributed by atoms with Crippen molar-refractivity contribution in [3.63, 3.8) is 0 Å². The number of aromatic nitrogens is 4. The first-order valence-corrected chi connectivity index (χ1v) is 8.65. The van der Waals surface area contributed by atoms with Crippen LogP contribution in [0.4, 0.5) is 5.69 Å². The zero-order chi connectivity index (χ0) is 16.8. The van der Waals surface area contributed by atoms with Gasteiger partial charge in [-0.1, -0.05) is 20.8 Å². The van der Waals surface area contributed by atoms with E-state index in [1.807, 2.05) is 0 Å². The third kappa shape index (κ3) is 3.07. The fourth-order valence-electron chi connectivity index (χ4n) is 2.18. The predicted octanol–water partition coefficient (Wildman–Crippen LogP) is 2.39. The summed E-state index contributed by atoms with van der Waals surface area (Å²) >= 11 is 0. The van der Waals surface area contributed by atoms with Crippen LogP contribution < -0.4 is 4.72 Å². The topological polar surface area (TPSA) is 92.7 Å². The number of imidazole rings is 1. The first-order chi connectivity index (χ1) is 10.6. The number of hydrogen-bond donors (Lipinski definition) is 2. The molecule has 0 aliphatic heterocycles. The molecule has 0 spiro atoms. The average Bonchev–Trinajstić information content (AvgIpc) is 3.03. The Kier molecular flexibility index (Phi) is 3.44. The predicted molar refractivity (Wildman–Crippen MR) is 88.8 cm³/mol. The molecule has 23 heavy (non-hydrogen) atoms. The number of hydrogen-bond acceptors (Lipinski definition) is 4. The minimum absolute atomic E-state index is 0.103. The van der Waals surface area contributed by atoms with Gasteiger partial charge in [-0.2, -0.15) is 5.10 Å². The number of benzene rings is 1. The van der Waals surface area contributed by atoms with Gasteiger partial charge in [0.2, 0.25) is 0 Å². The normalized spacial score (nSPS) is 12.7. The Morgan fingerprint density at radius 3 is 2.61 bits per heavy atom. The number of nitrogens with one attached hydrogen (secondary N) is 2. The summed E-state index contributed by atoms with van der Waals surface area (Å²) in [5.41, 5.74) is 1.97. The number of rotatable bonds is 3. The molecule has 0 saturated carbocycles. The van der Waals surface area contributed by atoms with Crippen LogP contribution in [-0.4, -0.2) is 28.2 Å².